The minimum Gasteiger partial charge on any atom is -0.287 e. The lowest BCUT2D eigenvalue weighted by Gasteiger charge is -2.18. The molecule has 0 saturated carbocycles. The zero-order valence-corrected chi connectivity index (χ0v) is 17.0. The molecule has 0 spiro atoms. The lowest BCUT2D eigenvalue weighted by Crippen LogP contribution is -2.25. The highest BCUT2D eigenvalue weighted by molar-refractivity contribution is 8.00. The number of thiophene rings is 1. The number of hydrogen-bond acceptors (Lipinski definition) is 5. The van der Waals surface area contributed by atoms with Crippen LogP contribution in [0.5, 0.6) is 0 Å². The number of rotatable bonds is 5. The Labute approximate surface area is 157 Å². The smallest absolute Gasteiger partial charge is 0.263 e. The Kier molecular flexibility index (Phi) is 5.55. The summed E-state index contributed by atoms with van der Waals surface area (Å²) in [4.78, 5) is 20.3. The van der Waals surface area contributed by atoms with Crippen LogP contribution in [-0.4, -0.2) is 14.8 Å². The minimum atomic E-state index is -0.218. The topological polar surface area (TPSA) is 58.7 Å². The van der Waals surface area contributed by atoms with E-state index in [0.717, 1.165) is 35.9 Å². The lowest BCUT2D eigenvalue weighted by molar-refractivity contribution is 0.480. The van der Waals surface area contributed by atoms with Gasteiger partial charge in [0, 0.05) is 11.4 Å². The molecule has 1 aliphatic rings. The zero-order valence-electron chi connectivity index (χ0n) is 15.3. The molecule has 0 fully saturated rings. The van der Waals surface area contributed by atoms with Crippen molar-refractivity contribution in [2.45, 2.75) is 70.3 Å². The fourth-order valence-corrected chi connectivity index (χ4v) is 5.51. The molecule has 0 radical (unpaired) electrons. The first-order chi connectivity index (χ1) is 11.9. The van der Waals surface area contributed by atoms with E-state index in [4.69, 9.17) is 10.2 Å². The summed E-state index contributed by atoms with van der Waals surface area (Å²) in [5, 5.41) is 10.5. The third-order valence-electron chi connectivity index (χ3n) is 4.77. The number of thioether (sulfide) groups is 1. The standard InChI is InChI=1S/C19H25N3OS2/c1-11(2)7-8-22-18(23)16-14-6-5-12(3)9-15(14)25-17(16)21-19(22)24-13(4)10-20/h11-13H,5-9H2,1-4H3. The maximum absolute atomic E-state index is 13.3. The van der Waals surface area contributed by atoms with E-state index < -0.39 is 0 Å². The van der Waals surface area contributed by atoms with Gasteiger partial charge in [-0.25, -0.2) is 4.98 Å². The average molecular weight is 376 g/mol. The molecule has 3 rings (SSSR count). The van der Waals surface area contributed by atoms with Gasteiger partial charge in [-0.05, 0) is 50.0 Å². The van der Waals surface area contributed by atoms with Gasteiger partial charge in [-0.15, -0.1) is 11.3 Å². The second-order valence-corrected chi connectivity index (χ2v) is 9.85. The van der Waals surface area contributed by atoms with Crippen molar-refractivity contribution in [1.82, 2.24) is 9.55 Å². The first kappa shape index (κ1) is 18.5. The van der Waals surface area contributed by atoms with Crippen LogP contribution in [0.4, 0.5) is 0 Å². The molecule has 0 aromatic carbocycles. The number of nitrogens with zero attached hydrogens (tertiary/aromatic N) is 3. The molecule has 0 N–H and O–H groups in total. The van der Waals surface area contributed by atoms with Gasteiger partial charge in [0.2, 0.25) is 0 Å². The number of aromatic nitrogens is 2. The largest absolute Gasteiger partial charge is 0.287 e. The highest BCUT2D eigenvalue weighted by Crippen LogP contribution is 2.36. The molecule has 0 saturated heterocycles. The summed E-state index contributed by atoms with van der Waals surface area (Å²) in [6.07, 6.45) is 4.12. The monoisotopic (exact) mass is 375 g/mol. The van der Waals surface area contributed by atoms with Crippen LogP contribution in [0.3, 0.4) is 0 Å². The van der Waals surface area contributed by atoms with E-state index >= 15 is 0 Å². The molecule has 2 aromatic heterocycles. The molecular formula is C19H25N3OS2. The Balaban J connectivity index is 2.14. The second-order valence-electron chi connectivity index (χ2n) is 7.45. The summed E-state index contributed by atoms with van der Waals surface area (Å²) in [7, 11) is 0. The fourth-order valence-electron chi connectivity index (χ4n) is 3.26. The van der Waals surface area contributed by atoms with Gasteiger partial charge in [-0.2, -0.15) is 5.26 Å². The molecule has 2 unspecified atom stereocenters. The maximum atomic E-state index is 13.3. The van der Waals surface area contributed by atoms with E-state index in [1.165, 1.54) is 22.2 Å². The van der Waals surface area contributed by atoms with Crippen LogP contribution in [0.2, 0.25) is 0 Å². The van der Waals surface area contributed by atoms with E-state index in [1.807, 2.05) is 11.5 Å². The molecule has 6 heteroatoms. The summed E-state index contributed by atoms with van der Waals surface area (Å²) in [5.74, 6) is 1.20. The van der Waals surface area contributed by atoms with Crippen LogP contribution in [0.15, 0.2) is 9.95 Å². The van der Waals surface area contributed by atoms with Crippen molar-refractivity contribution in [2.75, 3.05) is 0 Å². The minimum absolute atomic E-state index is 0.0883. The Hall–Kier alpha value is -1.32. The van der Waals surface area contributed by atoms with Crippen LogP contribution >= 0.6 is 23.1 Å². The number of nitriles is 1. The van der Waals surface area contributed by atoms with E-state index in [9.17, 15) is 4.79 Å². The van der Waals surface area contributed by atoms with E-state index in [2.05, 4.69) is 26.8 Å². The molecule has 4 nitrogen and oxygen atoms in total. The predicted octanol–water partition coefficient (Wildman–Crippen LogP) is 4.63. The molecule has 2 heterocycles. The normalized spacial score (nSPS) is 18.3. The molecule has 134 valence electrons. The third kappa shape index (κ3) is 3.78. The first-order valence-electron chi connectivity index (χ1n) is 9.02. The summed E-state index contributed by atoms with van der Waals surface area (Å²) >= 11 is 3.07. The summed E-state index contributed by atoms with van der Waals surface area (Å²) < 4.78 is 1.81. The van der Waals surface area contributed by atoms with E-state index in [1.54, 1.807) is 11.3 Å². The number of fused-ring (bicyclic) bond motifs is 3. The predicted molar refractivity (Wildman–Crippen MR) is 105 cm³/mol. The Bertz CT molecular complexity index is 875. The lowest BCUT2D eigenvalue weighted by atomic mass is 9.89. The van der Waals surface area contributed by atoms with Crippen molar-refractivity contribution < 1.29 is 0 Å². The van der Waals surface area contributed by atoms with Crippen molar-refractivity contribution in [2.24, 2.45) is 11.8 Å². The van der Waals surface area contributed by atoms with Crippen molar-refractivity contribution in [3.8, 4) is 6.07 Å². The van der Waals surface area contributed by atoms with Gasteiger partial charge in [0.15, 0.2) is 5.16 Å². The SMILES string of the molecule is CC(C)CCn1c(SC(C)C#N)nc2sc3c(c2c1=O)CCC(C)C3. The Morgan fingerprint density at radius 3 is 2.88 bits per heavy atom. The highest BCUT2D eigenvalue weighted by atomic mass is 32.2. The molecule has 2 atom stereocenters. The van der Waals surface area contributed by atoms with Crippen molar-refractivity contribution >= 4 is 33.3 Å². The average Bonchev–Trinajstić information content (AvgIpc) is 2.91. The molecule has 0 aliphatic heterocycles. The summed E-state index contributed by atoms with van der Waals surface area (Å²) in [5.41, 5.74) is 1.32. The summed E-state index contributed by atoms with van der Waals surface area (Å²) in [6.45, 7) is 9.12. The van der Waals surface area contributed by atoms with Crippen LogP contribution in [0.25, 0.3) is 10.2 Å². The van der Waals surface area contributed by atoms with Gasteiger partial charge in [0.05, 0.1) is 16.7 Å². The van der Waals surface area contributed by atoms with Gasteiger partial charge in [0.25, 0.3) is 5.56 Å². The number of aryl methyl sites for hydroxylation is 1. The first-order valence-corrected chi connectivity index (χ1v) is 10.7. The van der Waals surface area contributed by atoms with Gasteiger partial charge in [-0.3, -0.25) is 9.36 Å². The Morgan fingerprint density at radius 2 is 2.20 bits per heavy atom. The molecule has 25 heavy (non-hydrogen) atoms. The van der Waals surface area contributed by atoms with Crippen LogP contribution in [-0.2, 0) is 19.4 Å². The van der Waals surface area contributed by atoms with E-state index in [-0.39, 0.29) is 10.8 Å². The van der Waals surface area contributed by atoms with Crippen LogP contribution in [0.1, 0.15) is 51.0 Å². The molecule has 0 amide bonds. The third-order valence-corrected chi connectivity index (χ3v) is 6.90. The zero-order chi connectivity index (χ0) is 18.1. The van der Waals surface area contributed by atoms with Gasteiger partial charge < -0.3 is 0 Å². The summed E-state index contributed by atoms with van der Waals surface area (Å²) in [6, 6.07) is 2.24. The molecule has 0 bridgehead atoms. The van der Waals surface area contributed by atoms with Crippen molar-refractivity contribution in [1.29, 1.82) is 5.26 Å². The van der Waals surface area contributed by atoms with Crippen LogP contribution in [0, 0.1) is 23.2 Å². The van der Waals surface area contributed by atoms with Gasteiger partial charge >= 0.3 is 0 Å². The second kappa shape index (κ2) is 7.51. The molecule has 2 aromatic rings. The Morgan fingerprint density at radius 1 is 1.44 bits per heavy atom. The van der Waals surface area contributed by atoms with Crippen molar-refractivity contribution in [3.05, 3.63) is 20.8 Å². The highest BCUT2D eigenvalue weighted by Gasteiger charge is 2.25. The quantitative estimate of drug-likeness (QED) is 0.564. The van der Waals surface area contributed by atoms with Gasteiger partial charge in [0.1, 0.15) is 4.83 Å². The molecule has 1 aliphatic carbocycles. The molecular weight excluding hydrogens is 350 g/mol. The number of hydrogen-bond donors (Lipinski definition) is 0. The maximum Gasteiger partial charge on any atom is 0.263 e. The van der Waals surface area contributed by atoms with E-state index in [0.29, 0.717) is 23.5 Å². The van der Waals surface area contributed by atoms with Crippen LogP contribution < -0.4 is 5.56 Å². The fraction of sp³-hybridized carbons (Fsp3) is 0.632. The van der Waals surface area contributed by atoms with Crippen molar-refractivity contribution in [3.63, 3.8) is 0 Å². The van der Waals surface area contributed by atoms with Gasteiger partial charge in [-0.1, -0.05) is 32.5 Å².